The second-order valence-electron chi connectivity index (χ2n) is 5.29. The Balaban J connectivity index is 1.83. The standard InChI is InChI=1S/C12H14ClN3O4S2/c13-9-1-3-14-12-11(9)10(6-15-12)22(19,20)16-5-8-2-4-21(17,18)7-8/h1,3,6,8,16H,2,4-5,7H2,(H,14,15)/t8-/m1/s1. The first-order chi connectivity index (χ1) is 10.3. The molecule has 0 bridgehead atoms. The number of nitrogens with one attached hydrogen (secondary N) is 2. The van der Waals surface area contributed by atoms with Crippen molar-refractivity contribution in [3.63, 3.8) is 0 Å². The summed E-state index contributed by atoms with van der Waals surface area (Å²) in [6.07, 6.45) is 3.28. The lowest BCUT2D eigenvalue weighted by molar-refractivity contribution is 0.544. The van der Waals surface area contributed by atoms with Gasteiger partial charge in [-0.2, -0.15) is 0 Å². The molecule has 2 aromatic heterocycles. The average molecular weight is 364 g/mol. The van der Waals surface area contributed by atoms with Crippen molar-refractivity contribution in [3.05, 3.63) is 23.5 Å². The van der Waals surface area contributed by atoms with Gasteiger partial charge in [-0.05, 0) is 18.4 Å². The van der Waals surface area contributed by atoms with E-state index in [0.29, 0.717) is 17.5 Å². The van der Waals surface area contributed by atoms with Crippen LogP contribution in [0.2, 0.25) is 5.02 Å². The van der Waals surface area contributed by atoms with Gasteiger partial charge in [-0.3, -0.25) is 0 Å². The highest BCUT2D eigenvalue weighted by Gasteiger charge is 2.29. The maximum Gasteiger partial charge on any atom is 0.242 e. The maximum atomic E-state index is 12.4. The van der Waals surface area contributed by atoms with Crippen LogP contribution in [0.15, 0.2) is 23.4 Å². The summed E-state index contributed by atoms with van der Waals surface area (Å²) in [4.78, 5) is 6.80. The number of sulfone groups is 1. The van der Waals surface area contributed by atoms with Gasteiger partial charge in [0.05, 0.1) is 21.9 Å². The van der Waals surface area contributed by atoms with Crippen LogP contribution in [-0.4, -0.2) is 44.9 Å². The number of rotatable bonds is 4. The minimum absolute atomic E-state index is 0.0152. The van der Waals surface area contributed by atoms with Crippen LogP contribution < -0.4 is 4.72 Å². The fraction of sp³-hybridized carbons (Fsp3) is 0.417. The second-order valence-corrected chi connectivity index (χ2v) is 9.66. The van der Waals surface area contributed by atoms with Gasteiger partial charge >= 0.3 is 0 Å². The van der Waals surface area contributed by atoms with Gasteiger partial charge in [0.2, 0.25) is 10.0 Å². The Hall–Kier alpha value is -1.16. The summed E-state index contributed by atoms with van der Waals surface area (Å²) >= 11 is 6.04. The van der Waals surface area contributed by atoms with Crippen molar-refractivity contribution < 1.29 is 16.8 Å². The molecule has 1 aliphatic heterocycles. The number of sulfonamides is 1. The van der Waals surface area contributed by atoms with Crippen LogP contribution in [0.1, 0.15) is 6.42 Å². The van der Waals surface area contributed by atoms with E-state index in [1.807, 2.05) is 0 Å². The molecule has 10 heteroatoms. The van der Waals surface area contributed by atoms with Crippen molar-refractivity contribution in [2.24, 2.45) is 5.92 Å². The molecule has 2 aromatic rings. The van der Waals surface area contributed by atoms with E-state index in [-0.39, 0.29) is 33.9 Å². The number of aromatic nitrogens is 2. The molecule has 120 valence electrons. The van der Waals surface area contributed by atoms with Crippen molar-refractivity contribution >= 4 is 42.5 Å². The van der Waals surface area contributed by atoms with E-state index in [2.05, 4.69) is 14.7 Å². The first-order valence-corrected chi connectivity index (χ1v) is 10.3. The second kappa shape index (κ2) is 5.48. The molecule has 0 amide bonds. The molecule has 0 spiro atoms. The molecule has 3 heterocycles. The van der Waals surface area contributed by atoms with Crippen LogP contribution in [0, 0.1) is 5.92 Å². The van der Waals surface area contributed by atoms with Crippen LogP contribution in [0.25, 0.3) is 11.0 Å². The number of halogens is 1. The highest BCUT2D eigenvalue weighted by Crippen LogP contribution is 2.28. The monoisotopic (exact) mass is 363 g/mol. The molecule has 0 saturated carbocycles. The molecule has 2 N–H and O–H groups in total. The van der Waals surface area contributed by atoms with E-state index < -0.39 is 19.9 Å². The lowest BCUT2D eigenvalue weighted by Gasteiger charge is -2.10. The van der Waals surface area contributed by atoms with Gasteiger partial charge in [0.15, 0.2) is 9.84 Å². The third-order valence-electron chi connectivity index (χ3n) is 3.66. The summed E-state index contributed by atoms with van der Waals surface area (Å²) in [5, 5.41) is 0.616. The zero-order chi connectivity index (χ0) is 16.0. The lowest BCUT2D eigenvalue weighted by Crippen LogP contribution is -2.29. The third kappa shape index (κ3) is 2.98. The molecule has 1 fully saturated rings. The Bertz CT molecular complexity index is 921. The minimum atomic E-state index is -3.79. The van der Waals surface area contributed by atoms with Crippen LogP contribution >= 0.6 is 11.6 Å². The summed E-state index contributed by atoms with van der Waals surface area (Å²) < 4.78 is 50.1. The van der Waals surface area contributed by atoms with Crippen molar-refractivity contribution in [1.29, 1.82) is 0 Å². The zero-order valence-electron chi connectivity index (χ0n) is 11.4. The quantitative estimate of drug-likeness (QED) is 0.839. The molecule has 1 aliphatic rings. The first-order valence-electron chi connectivity index (χ1n) is 6.60. The molecule has 22 heavy (non-hydrogen) atoms. The van der Waals surface area contributed by atoms with Gasteiger partial charge in [-0.15, -0.1) is 0 Å². The van der Waals surface area contributed by atoms with Crippen LogP contribution in [0.4, 0.5) is 0 Å². The first kappa shape index (κ1) is 15.7. The van der Waals surface area contributed by atoms with Gasteiger partial charge in [-0.25, -0.2) is 26.5 Å². The number of pyridine rings is 1. The third-order valence-corrected chi connectivity index (χ3v) is 7.26. The molecule has 0 aromatic carbocycles. The lowest BCUT2D eigenvalue weighted by atomic mass is 10.1. The van der Waals surface area contributed by atoms with Gasteiger partial charge in [0.25, 0.3) is 0 Å². The molecule has 1 saturated heterocycles. The molecule has 0 unspecified atom stereocenters. The SMILES string of the molecule is O=S1(=O)CC[C@H](CNS(=O)(=O)c2c[nH]c3nccc(Cl)c23)C1. The highest BCUT2D eigenvalue weighted by atomic mass is 35.5. The number of hydrogen-bond donors (Lipinski definition) is 2. The Morgan fingerprint density at radius 1 is 1.45 bits per heavy atom. The van der Waals surface area contributed by atoms with Crippen molar-refractivity contribution in [3.8, 4) is 0 Å². The normalized spacial score (nSPS) is 21.4. The fourth-order valence-electron chi connectivity index (χ4n) is 2.54. The van der Waals surface area contributed by atoms with E-state index >= 15 is 0 Å². The molecule has 1 atom stereocenters. The Labute approximate surface area is 133 Å². The van der Waals surface area contributed by atoms with E-state index in [9.17, 15) is 16.8 Å². The Morgan fingerprint density at radius 3 is 2.91 bits per heavy atom. The van der Waals surface area contributed by atoms with Gasteiger partial charge in [0, 0.05) is 18.9 Å². The molecular weight excluding hydrogens is 350 g/mol. The molecule has 0 aliphatic carbocycles. The van der Waals surface area contributed by atoms with Crippen molar-refractivity contribution in [2.75, 3.05) is 18.1 Å². The maximum absolute atomic E-state index is 12.4. The summed E-state index contributed by atoms with van der Waals surface area (Å²) in [6.45, 7) is 0.0894. The zero-order valence-corrected chi connectivity index (χ0v) is 13.8. The summed E-state index contributed by atoms with van der Waals surface area (Å²) in [6, 6.07) is 1.51. The molecule has 3 rings (SSSR count). The number of hydrogen-bond acceptors (Lipinski definition) is 5. The summed E-state index contributed by atoms with van der Waals surface area (Å²) in [5.41, 5.74) is 0.385. The number of aromatic amines is 1. The molecule has 7 nitrogen and oxygen atoms in total. The van der Waals surface area contributed by atoms with Crippen LogP contribution in [0.3, 0.4) is 0 Å². The number of nitrogens with zero attached hydrogens (tertiary/aromatic N) is 1. The van der Waals surface area contributed by atoms with Gasteiger partial charge in [-0.1, -0.05) is 11.6 Å². The number of H-pyrrole nitrogens is 1. The molecular formula is C12H14ClN3O4S2. The highest BCUT2D eigenvalue weighted by molar-refractivity contribution is 7.91. The van der Waals surface area contributed by atoms with Crippen molar-refractivity contribution in [2.45, 2.75) is 11.3 Å². The predicted octanol–water partition coefficient (Wildman–Crippen LogP) is 0.929. The average Bonchev–Trinajstić information content (AvgIpc) is 3.01. The van der Waals surface area contributed by atoms with Crippen LogP contribution in [0.5, 0.6) is 0 Å². The van der Waals surface area contributed by atoms with E-state index in [0.717, 1.165) is 0 Å². The minimum Gasteiger partial charge on any atom is -0.345 e. The Morgan fingerprint density at radius 2 is 2.23 bits per heavy atom. The number of fused-ring (bicyclic) bond motifs is 1. The predicted molar refractivity (Wildman–Crippen MR) is 83.1 cm³/mol. The van der Waals surface area contributed by atoms with E-state index in [4.69, 9.17) is 11.6 Å². The summed E-state index contributed by atoms with van der Waals surface area (Å²) in [7, 11) is -6.82. The fourth-order valence-corrected chi connectivity index (χ4v) is 6.00. The largest absolute Gasteiger partial charge is 0.345 e. The Kier molecular flexibility index (Phi) is 3.92. The molecule has 0 radical (unpaired) electrons. The van der Waals surface area contributed by atoms with Crippen molar-refractivity contribution in [1.82, 2.24) is 14.7 Å². The topological polar surface area (TPSA) is 109 Å². The van der Waals surface area contributed by atoms with Gasteiger partial charge in [0.1, 0.15) is 10.5 Å². The van der Waals surface area contributed by atoms with E-state index in [1.165, 1.54) is 18.5 Å². The smallest absolute Gasteiger partial charge is 0.242 e. The summed E-state index contributed by atoms with van der Waals surface area (Å²) in [5.74, 6) is -0.0629. The van der Waals surface area contributed by atoms with Gasteiger partial charge < -0.3 is 4.98 Å². The van der Waals surface area contributed by atoms with Crippen LogP contribution in [-0.2, 0) is 19.9 Å². The van der Waals surface area contributed by atoms with E-state index in [1.54, 1.807) is 0 Å².